The third kappa shape index (κ3) is 3.48. The number of piperidine rings is 1. The normalized spacial score (nSPS) is 21.1. The maximum Gasteiger partial charge on any atom is 0.317 e. The molecule has 2 fully saturated rings. The van der Waals surface area contributed by atoms with Gasteiger partial charge in [-0.2, -0.15) is 0 Å². The molecule has 0 aromatic carbocycles. The van der Waals surface area contributed by atoms with E-state index < -0.39 is 0 Å². The van der Waals surface area contributed by atoms with Gasteiger partial charge in [0.2, 0.25) is 0 Å². The summed E-state index contributed by atoms with van der Waals surface area (Å²) in [4.78, 5) is 23.7. The lowest BCUT2D eigenvalue weighted by atomic mass is 9.98. The highest BCUT2D eigenvalue weighted by molar-refractivity contribution is 5.74. The molecule has 6 heteroatoms. The number of fused-ring (bicyclic) bond motifs is 1. The van der Waals surface area contributed by atoms with E-state index in [-0.39, 0.29) is 12.1 Å². The quantitative estimate of drug-likeness (QED) is 0.929. The first-order chi connectivity index (χ1) is 12.1. The monoisotopic (exact) mass is 341 g/mol. The Bertz CT molecular complexity index is 764. The summed E-state index contributed by atoms with van der Waals surface area (Å²) < 4.78 is 2.32. The number of hydrogen-bond acceptors (Lipinski definition) is 3. The molecule has 1 saturated carbocycles. The number of nitrogens with zero attached hydrogens (tertiary/aromatic N) is 4. The minimum absolute atomic E-state index is 0.0655. The molecule has 2 aliphatic rings. The highest BCUT2D eigenvalue weighted by Gasteiger charge is 2.32. The molecule has 0 radical (unpaired) electrons. The van der Waals surface area contributed by atoms with Crippen molar-refractivity contribution in [2.24, 2.45) is 5.92 Å². The summed E-state index contributed by atoms with van der Waals surface area (Å²) in [5, 5.41) is 3.02. The van der Waals surface area contributed by atoms with Crippen molar-refractivity contribution in [3.05, 3.63) is 24.2 Å². The third-order valence-corrected chi connectivity index (χ3v) is 5.13. The fourth-order valence-electron chi connectivity index (χ4n) is 3.80. The summed E-state index contributed by atoms with van der Waals surface area (Å²) in [6.07, 6.45) is 6.53. The molecule has 1 N–H and O–H groups in total. The van der Waals surface area contributed by atoms with Crippen molar-refractivity contribution < 1.29 is 4.79 Å². The van der Waals surface area contributed by atoms with Gasteiger partial charge < -0.3 is 14.8 Å². The van der Waals surface area contributed by atoms with E-state index in [1.807, 2.05) is 37.1 Å². The molecule has 2 aromatic rings. The number of aromatic nitrogens is 3. The molecule has 0 spiro atoms. The summed E-state index contributed by atoms with van der Waals surface area (Å²) in [7, 11) is 0. The molecule has 1 aliphatic heterocycles. The van der Waals surface area contributed by atoms with Crippen LogP contribution in [-0.4, -0.2) is 44.6 Å². The second-order valence-electron chi connectivity index (χ2n) is 7.76. The SMILES string of the molecule is CC(C)NC(=O)N1CCCC(Cn2c(C3CC3)nc3cccnc32)C1. The van der Waals surface area contributed by atoms with Crippen LogP contribution in [0, 0.1) is 5.92 Å². The third-order valence-electron chi connectivity index (χ3n) is 5.13. The number of hydrogen-bond donors (Lipinski definition) is 1. The fraction of sp³-hybridized carbons (Fsp3) is 0.632. The molecule has 4 rings (SSSR count). The molecule has 0 bridgehead atoms. The Morgan fingerprint density at radius 2 is 2.20 bits per heavy atom. The highest BCUT2D eigenvalue weighted by Crippen LogP contribution is 2.40. The molecule has 3 heterocycles. The highest BCUT2D eigenvalue weighted by atomic mass is 16.2. The minimum atomic E-state index is 0.0655. The lowest BCUT2D eigenvalue weighted by Gasteiger charge is -2.33. The second-order valence-corrected chi connectivity index (χ2v) is 7.76. The van der Waals surface area contributed by atoms with Crippen molar-refractivity contribution in [3.8, 4) is 0 Å². The van der Waals surface area contributed by atoms with Crippen molar-refractivity contribution in [2.75, 3.05) is 13.1 Å². The van der Waals surface area contributed by atoms with Gasteiger partial charge in [0.15, 0.2) is 5.65 Å². The first-order valence-electron chi connectivity index (χ1n) is 9.48. The summed E-state index contributed by atoms with van der Waals surface area (Å²) >= 11 is 0. The summed E-state index contributed by atoms with van der Waals surface area (Å²) in [5.41, 5.74) is 1.99. The van der Waals surface area contributed by atoms with Crippen LogP contribution in [-0.2, 0) is 6.54 Å². The number of amides is 2. The Morgan fingerprint density at radius 3 is 2.96 bits per heavy atom. The van der Waals surface area contributed by atoms with Crippen LogP contribution < -0.4 is 5.32 Å². The number of carbonyl (C=O) groups is 1. The van der Waals surface area contributed by atoms with Crippen LogP contribution in [0.4, 0.5) is 4.79 Å². The van der Waals surface area contributed by atoms with Crippen LogP contribution in [0.15, 0.2) is 18.3 Å². The van der Waals surface area contributed by atoms with Crippen LogP contribution in [0.3, 0.4) is 0 Å². The molecular formula is C19H27N5O. The second kappa shape index (κ2) is 6.65. The number of rotatable bonds is 4. The number of urea groups is 1. The molecule has 25 heavy (non-hydrogen) atoms. The average Bonchev–Trinajstić information content (AvgIpc) is 3.38. The van der Waals surface area contributed by atoms with E-state index in [4.69, 9.17) is 4.98 Å². The van der Waals surface area contributed by atoms with Gasteiger partial charge in [0, 0.05) is 37.8 Å². The number of imidazole rings is 1. The van der Waals surface area contributed by atoms with Crippen LogP contribution >= 0.6 is 0 Å². The zero-order valence-electron chi connectivity index (χ0n) is 15.1. The van der Waals surface area contributed by atoms with Gasteiger partial charge in [-0.1, -0.05) is 0 Å². The first-order valence-corrected chi connectivity index (χ1v) is 9.48. The Hall–Kier alpha value is -2.11. The number of likely N-dealkylation sites (tertiary alicyclic amines) is 1. The molecule has 1 aliphatic carbocycles. The van der Waals surface area contributed by atoms with Crippen molar-refractivity contribution in [1.82, 2.24) is 24.8 Å². The lowest BCUT2D eigenvalue weighted by Crippen LogP contribution is -2.48. The van der Waals surface area contributed by atoms with E-state index in [0.29, 0.717) is 11.8 Å². The van der Waals surface area contributed by atoms with Gasteiger partial charge in [-0.15, -0.1) is 0 Å². The molecule has 134 valence electrons. The van der Waals surface area contributed by atoms with Gasteiger partial charge in [0.05, 0.1) is 0 Å². The van der Waals surface area contributed by atoms with Gasteiger partial charge in [-0.3, -0.25) is 0 Å². The topological polar surface area (TPSA) is 63.1 Å². The molecule has 2 aromatic heterocycles. The molecule has 6 nitrogen and oxygen atoms in total. The van der Waals surface area contributed by atoms with E-state index in [1.54, 1.807) is 0 Å². The number of pyridine rings is 1. The van der Waals surface area contributed by atoms with Crippen molar-refractivity contribution in [1.29, 1.82) is 0 Å². The Morgan fingerprint density at radius 1 is 1.36 bits per heavy atom. The van der Waals surface area contributed by atoms with Crippen LogP contribution in [0.2, 0.25) is 0 Å². The Labute approximate surface area is 148 Å². The predicted molar refractivity (Wildman–Crippen MR) is 97.5 cm³/mol. The Balaban J connectivity index is 1.53. The standard InChI is InChI=1S/C19H27N5O/c1-13(2)21-19(25)23-10-4-5-14(11-23)12-24-17(15-7-8-15)22-16-6-3-9-20-18(16)24/h3,6,9,13-15H,4-5,7-8,10-12H2,1-2H3,(H,21,25). The number of carbonyl (C=O) groups excluding carboxylic acids is 1. The van der Waals surface area contributed by atoms with Gasteiger partial charge in [-0.25, -0.2) is 14.8 Å². The van der Waals surface area contributed by atoms with Crippen LogP contribution in [0.5, 0.6) is 0 Å². The average molecular weight is 341 g/mol. The molecule has 1 saturated heterocycles. The molecule has 1 atom stereocenters. The van der Waals surface area contributed by atoms with Gasteiger partial charge >= 0.3 is 6.03 Å². The van der Waals surface area contributed by atoms with E-state index in [2.05, 4.69) is 14.9 Å². The van der Waals surface area contributed by atoms with Crippen LogP contribution in [0.1, 0.15) is 51.3 Å². The van der Waals surface area contributed by atoms with Crippen molar-refractivity contribution >= 4 is 17.2 Å². The van der Waals surface area contributed by atoms with Crippen molar-refractivity contribution in [2.45, 2.75) is 58.0 Å². The van der Waals surface area contributed by atoms with Gasteiger partial charge in [0.25, 0.3) is 0 Å². The van der Waals surface area contributed by atoms with E-state index in [9.17, 15) is 4.79 Å². The minimum Gasteiger partial charge on any atom is -0.336 e. The molecule has 2 amide bonds. The summed E-state index contributed by atoms with van der Waals surface area (Å²) in [5.74, 6) is 2.25. The zero-order valence-corrected chi connectivity index (χ0v) is 15.1. The molecule has 1 unspecified atom stereocenters. The first kappa shape index (κ1) is 16.4. The maximum atomic E-state index is 12.3. The maximum absolute atomic E-state index is 12.3. The fourth-order valence-corrected chi connectivity index (χ4v) is 3.80. The lowest BCUT2D eigenvalue weighted by molar-refractivity contribution is 0.157. The van der Waals surface area contributed by atoms with E-state index >= 15 is 0 Å². The van der Waals surface area contributed by atoms with Gasteiger partial charge in [0.1, 0.15) is 11.3 Å². The van der Waals surface area contributed by atoms with Gasteiger partial charge in [-0.05, 0) is 57.6 Å². The van der Waals surface area contributed by atoms with Crippen LogP contribution in [0.25, 0.3) is 11.2 Å². The van der Waals surface area contributed by atoms with E-state index in [0.717, 1.165) is 43.6 Å². The van der Waals surface area contributed by atoms with Crippen molar-refractivity contribution in [3.63, 3.8) is 0 Å². The summed E-state index contributed by atoms with van der Waals surface area (Å²) in [6, 6.07) is 4.25. The largest absolute Gasteiger partial charge is 0.336 e. The summed E-state index contributed by atoms with van der Waals surface area (Å²) in [6.45, 7) is 6.59. The Kier molecular flexibility index (Phi) is 4.36. The smallest absolute Gasteiger partial charge is 0.317 e. The zero-order chi connectivity index (χ0) is 17.4. The predicted octanol–water partition coefficient (Wildman–Crippen LogP) is 3.14. The number of nitrogens with one attached hydrogen (secondary N) is 1. The van der Waals surface area contributed by atoms with E-state index in [1.165, 1.54) is 18.7 Å². The molecular weight excluding hydrogens is 314 g/mol.